The SMILES string of the molecule is Cc1cc(F)c(C(=O)NC2CC2)cc1-n1cc(-c2cncc(NC3CCN(C4COC4)CC3)c2)nn1. The van der Waals surface area contributed by atoms with Gasteiger partial charge in [-0.3, -0.25) is 14.7 Å². The van der Waals surface area contributed by atoms with Crippen molar-refractivity contribution in [3.63, 3.8) is 0 Å². The number of hydrogen-bond acceptors (Lipinski definition) is 7. The molecule has 0 atom stereocenters. The Morgan fingerprint density at radius 2 is 1.89 bits per heavy atom. The second-order valence-corrected chi connectivity index (χ2v) is 10.0. The lowest BCUT2D eigenvalue weighted by atomic mass is 10.0. The maximum Gasteiger partial charge on any atom is 0.254 e. The molecule has 6 rings (SSSR count). The average Bonchev–Trinajstić information content (AvgIpc) is 3.51. The van der Waals surface area contributed by atoms with Gasteiger partial charge in [0.2, 0.25) is 0 Å². The molecule has 1 saturated carbocycles. The third-order valence-electron chi connectivity index (χ3n) is 7.25. The second-order valence-electron chi connectivity index (χ2n) is 10.0. The Labute approximate surface area is 209 Å². The fraction of sp³-hybridized carbons (Fsp3) is 0.462. The molecular formula is C26H30FN7O2. The van der Waals surface area contributed by atoms with Crippen molar-refractivity contribution in [2.24, 2.45) is 0 Å². The fourth-order valence-corrected chi connectivity index (χ4v) is 4.82. The number of likely N-dealkylation sites (tertiary alicyclic amines) is 1. The van der Waals surface area contributed by atoms with E-state index in [1.807, 2.05) is 12.3 Å². The molecule has 3 fully saturated rings. The monoisotopic (exact) mass is 491 g/mol. The predicted molar refractivity (Wildman–Crippen MR) is 133 cm³/mol. The first-order valence-electron chi connectivity index (χ1n) is 12.6. The van der Waals surface area contributed by atoms with Gasteiger partial charge in [-0.25, -0.2) is 9.07 Å². The van der Waals surface area contributed by atoms with Crippen molar-refractivity contribution in [3.8, 4) is 16.9 Å². The minimum Gasteiger partial charge on any atom is -0.381 e. The Balaban J connectivity index is 1.16. The second kappa shape index (κ2) is 9.59. The largest absolute Gasteiger partial charge is 0.381 e. The first-order chi connectivity index (χ1) is 17.5. The molecule has 2 aliphatic heterocycles. The van der Waals surface area contributed by atoms with Crippen LogP contribution in [0.15, 0.2) is 36.8 Å². The third-order valence-corrected chi connectivity index (χ3v) is 7.25. The summed E-state index contributed by atoms with van der Waals surface area (Å²) < 4.78 is 21.4. The van der Waals surface area contributed by atoms with Gasteiger partial charge in [-0.15, -0.1) is 5.10 Å². The molecule has 2 N–H and O–H groups in total. The number of hydrogen-bond donors (Lipinski definition) is 2. The Morgan fingerprint density at radius 3 is 2.61 bits per heavy atom. The number of pyridine rings is 1. The van der Waals surface area contributed by atoms with Crippen LogP contribution in [-0.4, -0.2) is 75.2 Å². The number of halogens is 1. The van der Waals surface area contributed by atoms with Gasteiger partial charge < -0.3 is 15.4 Å². The lowest BCUT2D eigenvalue weighted by Gasteiger charge is -2.41. The van der Waals surface area contributed by atoms with E-state index in [0.717, 1.165) is 63.2 Å². The summed E-state index contributed by atoms with van der Waals surface area (Å²) in [4.78, 5) is 19.4. The van der Waals surface area contributed by atoms with Crippen molar-refractivity contribution in [1.82, 2.24) is 30.2 Å². The summed E-state index contributed by atoms with van der Waals surface area (Å²) in [5, 5.41) is 15.0. The van der Waals surface area contributed by atoms with Crippen LogP contribution >= 0.6 is 0 Å². The van der Waals surface area contributed by atoms with E-state index >= 15 is 0 Å². The van der Waals surface area contributed by atoms with Crippen LogP contribution < -0.4 is 10.6 Å². The van der Waals surface area contributed by atoms with E-state index in [4.69, 9.17) is 4.74 Å². The van der Waals surface area contributed by atoms with E-state index in [9.17, 15) is 9.18 Å². The summed E-state index contributed by atoms with van der Waals surface area (Å²) in [7, 11) is 0. The molecule has 4 heterocycles. The minimum atomic E-state index is -0.537. The molecule has 1 aromatic carbocycles. The minimum absolute atomic E-state index is 0.0169. The molecule has 0 radical (unpaired) electrons. The normalized spacial score (nSPS) is 19.2. The van der Waals surface area contributed by atoms with Crippen LogP contribution in [0.4, 0.5) is 10.1 Å². The summed E-state index contributed by atoms with van der Waals surface area (Å²) in [6.45, 7) is 5.65. The molecule has 188 valence electrons. The van der Waals surface area contributed by atoms with E-state index < -0.39 is 11.7 Å². The van der Waals surface area contributed by atoms with Crippen molar-refractivity contribution >= 4 is 11.6 Å². The van der Waals surface area contributed by atoms with Gasteiger partial charge in [0.15, 0.2) is 0 Å². The molecule has 10 heteroatoms. The number of benzene rings is 1. The van der Waals surface area contributed by atoms with Crippen molar-refractivity contribution in [2.45, 2.75) is 50.7 Å². The van der Waals surface area contributed by atoms with Gasteiger partial charge in [0, 0.05) is 43.1 Å². The molecule has 0 unspecified atom stereocenters. The first kappa shape index (κ1) is 23.1. The highest BCUT2D eigenvalue weighted by molar-refractivity contribution is 5.95. The van der Waals surface area contributed by atoms with E-state index in [0.29, 0.717) is 29.0 Å². The van der Waals surface area contributed by atoms with Crippen LogP contribution in [0, 0.1) is 12.7 Å². The first-order valence-corrected chi connectivity index (χ1v) is 12.6. The number of anilines is 1. The molecule has 9 nitrogen and oxygen atoms in total. The quantitative estimate of drug-likeness (QED) is 0.525. The van der Waals surface area contributed by atoms with Crippen molar-refractivity contribution < 1.29 is 13.9 Å². The van der Waals surface area contributed by atoms with Crippen molar-refractivity contribution in [2.75, 3.05) is 31.6 Å². The molecular weight excluding hydrogens is 461 g/mol. The summed E-state index contributed by atoms with van der Waals surface area (Å²) in [6.07, 6.45) is 9.41. The molecule has 36 heavy (non-hydrogen) atoms. The van der Waals surface area contributed by atoms with E-state index in [1.54, 1.807) is 30.1 Å². The van der Waals surface area contributed by atoms with Gasteiger partial charge in [-0.05, 0) is 56.4 Å². The van der Waals surface area contributed by atoms with E-state index in [-0.39, 0.29) is 11.6 Å². The zero-order valence-electron chi connectivity index (χ0n) is 20.3. The van der Waals surface area contributed by atoms with E-state index in [2.05, 4.69) is 30.8 Å². The number of nitrogens with zero attached hydrogens (tertiary/aromatic N) is 5. The highest BCUT2D eigenvalue weighted by Crippen LogP contribution is 2.26. The highest BCUT2D eigenvalue weighted by atomic mass is 19.1. The molecule has 0 spiro atoms. The Kier molecular flexibility index (Phi) is 6.14. The molecule has 2 saturated heterocycles. The zero-order chi connectivity index (χ0) is 24.6. The Bertz CT molecular complexity index is 1260. The maximum absolute atomic E-state index is 14.5. The number of carbonyl (C=O) groups excluding carboxylic acids is 1. The molecule has 2 aromatic heterocycles. The number of rotatable bonds is 7. The number of nitrogens with one attached hydrogen (secondary N) is 2. The summed E-state index contributed by atoms with van der Waals surface area (Å²) in [5.41, 5.74) is 3.73. The van der Waals surface area contributed by atoms with Gasteiger partial charge in [-0.1, -0.05) is 5.21 Å². The number of ether oxygens (including phenoxy) is 1. The van der Waals surface area contributed by atoms with Gasteiger partial charge in [0.25, 0.3) is 5.91 Å². The van der Waals surface area contributed by atoms with Crippen LogP contribution in [0.3, 0.4) is 0 Å². The standard InChI is InChI=1S/C26H30FN7O2/c1-16-8-23(27)22(26(35)30-18-2-3-18)10-25(16)34-13-24(31-32-34)17-9-20(12-28-11-17)29-19-4-6-33(7-5-19)21-14-36-15-21/h8-13,18-19,21,29H,2-7,14-15H2,1H3,(H,30,35). The van der Waals surface area contributed by atoms with Gasteiger partial charge in [0.05, 0.1) is 42.4 Å². The van der Waals surface area contributed by atoms with Crippen LogP contribution in [0.1, 0.15) is 41.6 Å². The molecule has 1 aliphatic carbocycles. The number of carbonyl (C=O) groups is 1. The van der Waals surface area contributed by atoms with E-state index in [1.165, 1.54) is 6.07 Å². The van der Waals surface area contributed by atoms with Crippen molar-refractivity contribution in [1.29, 1.82) is 0 Å². The lowest BCUT2D eigenvalue weighted by molar-refractivity contribution is -0.0705. The van der Waals surface area contributed by atoms with Crippen LogP contribution in [0.2, 0.25) is 0 Å². The van der Waals surface area contributed by atoms with Crippen molar-refractivity contribution in [3.05, 3.63) is 53.7 Å². The number of aryl methyl sites for hydroxylation is 1. The summed E-state index contributed by atoms with van der Waals surface area (Å²) in [6, 6.07) is 6.08. The fourth-order valence-electron chi connectivity index (χ4n) is 4.82. The highest BCUT2D eigenvalue weighted by Gasteiger charge is 2.29. The number of aromatic nitrogens is 4. The molecule has 3 aromatic rings. The van der Waals surface area contributed by atoms with Gasteiger partial charge in [-0.2, -0.15) is 0 Å². The van der Waals surface area contributed by atoms with Crippen LogP contribution in [-0.2, 0) is 4.74 Å². The third kappa shape index (κ3) is 4.83. The maximum atomic E-state index is 14.5. The summed E-state index contributed by atoms with van der Waals surface area (Å²) in [5.74, 6) is -0.934. The summed E-state index contributed by atoms with van der Waals surface area (Å²) >= 11 is 0. The Hall–Kier alpha value is -3.37. The smallest absolute Gasteiger partial charge is 0.254 e. The average molecular weight is 492 g/mol. The topological polar surface area (TPSA) is 97.2 Å². The predicted octanol–water partition coefficient (Wildman–Crippen LogP) is 2.94. The van der Waals surface area contributed by atoms with Gasteiger partial charge >= 0.3 is 0 Å². The molecule has 0 bridgehead atoms. The van der Waals surface area contributed by atoms with Crippen LogP contribution in [0.5, 0.6) is 0 Å². The number of piperidine rings is 1. The zero-order valence-corrected chi connectivity index (χ0v) is 20.3. The number of amides is 1. The van der Waals surface area contributed by atoms with Crippen LogP contribution in [0.25, 0.3) is 16.9 Å². The molecule has 1 amide bonds. The molecule has 3 aliphatic rings. The lowest BCUT2D eigenvalue weighted by Crippen LogP contribution is -2.53. The Morgan fingerprint density at radius 1 is 1.08 bits per heavy atom. The van der Waals surface area contributed by atoms with Gasteiger partial charge in [0.1, 0.15) is 11.5 Å².